The number of fused-ring (bicyclic) bond motifs is 1. The molecule has 1 aliphatic heterocycles. The first-order chi connectivity index (χ1) is 11.7. The lowest BCUT2D eigenvalue weighted by Gasteiger charge is -2.28. The fourth-order valence-corrected chi connectivity index (χ4v) is 4.11. The molecule has 0 amide bonds. The third-order valence-electron chi connectivity index (χ3n) is 4.11. The van der Waals surface area contributed by atoms with Gasteiger partial charge >= 0.3 is 0 Å². The van der Waals surface area contributed by atoms with Crippen LogP contribution in [0.3, 0.4) is 0 Å². The molecule has 0 atom stereocenters. The molecule has 1 aliphatic rings. The molecule has 5 nitrogen and oxygen atoms in total. The molecule has 4 rings (SSSR count). The quantitative estimate of drug-likeness (QED) is 0.726. The first-order valence-electron chi connectivity index (χ1n) is 7.84. The van der Waals surface area contributed by atoms with Crippen molar-refractivity contribution in [1.29, 1.82) is 0 Å². The molecule has 1 fully saturated rings. The molecule has 2 N–H and O–H groups in total. The lowest BCUT2D eigenvalue weighted by atomic mass is 10.1. The number of morpholine rings is 1. The highest BCUT2D eigenvalue weighted by Crippen LogP contribution is 2.38. The Morgan fingerprint density at radius 1 is 1.17 bits per heavy atom. The number of rotatable bonds is 3. The van der Waals surface area contributed by atoms with Crippen LogP contribution in [0.25, 0.3) is 20.7 Å². The minimum Gasteiger partial charge on any atom is -0.378 e. The molecule has 2 aromatic heterocycles. The molecule has 1 saturated heterocycles. The van der Waals surface area contributed by atoms with Crippen LogP contribution in [0.15, 0.2) is 30.3 Å². The summed E-state index contributed by atoms with van der Waals surface area (Å²) in [5, 5.41) is 0.284. The smallest absolute Gasteiger partial charge is 0.224 e. The number of nitrogens with zero attached hydrogens (tertiary/aromatic N) is 3. The molecule has 1 aromatic carbocycles. The van der Waals surface area contributed by atoms with E-state index in [9.17, 15) is 0 Å². The van der Waals surface area contributed by atoms with E-state index in [0.29, 0.717) is 19.8 Å². The molecule has 0 bridgehead atoms. The molecular formula is C17H17ClN4OS. The summed E-state index contributed by atoms with van der Waals surface area (Å²) >= 11 is 7.84. The van der Waals surface area contributed by atoms with Crippen LogP contribution >= 0.6 is 22.9 Å². The van der Waals surface area contributed by atoms with E-state index in [0.717, 1.165) is 45.1 Å². The molecule has 0 spiro atoms. The Bertz CT molecular complexity index is 859. The molecule has 24 heavy (non-hydrogen) atoms. The van der Waals surface area contributed by atoms with Crippen molar-refractivity contribution >= 4 is 39.0 Å². The molecule has 0 unspecified atom stereocenters. The summed E-state index contributed by atoms with van der Waals surface area (Å²) in [5.74, 6) is 0.906. The van der Waals surface area contributed by atoms with Crippen LogP contribution in [0.5, 0.6) is 0 Å². The number of thiophene rings is 1. The van der Waals surface area contributed by atoms with Crippen molar-refractivity contribution in [2.24, 2.45) is 5.73 Å². The average Bonchev–Trinajstić information content (AvgIpc) is 3.05. The van der Waals surface area contributed by atoms with Gasteiger partial charge in [0.2, 0.25) is 5.28 Å². The minimum atomic E-state index is 0.284. The number of hydrogen-bond donors (Lipinski definition) is 1. The molecule has 0 radical (unpaired) electrons. The van der Waals surface area contributed by atoms with Crippen LogP contribution in [0.1, 0.15) is 5.56 Å². The number of hydrogen-bond acceptors (Lipinski definition) is 6. The second kappa shape index (κ2) is 6.64. The summed E-state index contributed by atoms with van der Waals surface area (Å²) < 4.78 is 6.50. The third-order valence-corrected chi connectivity index (χ3v) is 5.45. The second-order valence-corrected chi connectivity index (χ2v) is 7.03. The van der Waals surface area contributed by atoms with Crippen molar-refractivity contribution in [1.82, 2.24) is 9.97 Å². The van der Waals surface area contributed by atoms with Gasteiger partial charge < -0.3 is 15.4 Å². The summed E-state index contributed by atoms with van der Waals surface area (Å²) in [6.45, 7) is 3.61. The predicted molar refractivity (Wildman–Crippen MR) is 98.8 cm³/mol. The zero-order valence-corrected chi connectivity index (χ0v) is 14.6. The summed E-state index contributed by atoms with van der Waals surface area (Å²) in [6.07, 6.45) is 0. The van der Waals surface area contributed by atoms with Gasteiger partial charge in [0.1, 0.15) is 0 Å². The van der Waals surface area contributed by atoms with Gasteiger partial charge in [-0.2, -0.15) is 4.98 Å². The van der Waals surface area contributed by atoms with Crippen molar-refractivity contribution in [2.45, 2.75) is 6.54 Å². The Kier molecular flexibility index (Phi) is 4.37. The Morgan fingerprint density at radius 3 is 2.62 bits per heavy atom. The number of halogens is 1. The van der Waals surface area contributed by atoms with Crippen LogP contribution < -0.4 is 10.6 Å². The Hall–Kier alpha value is -1.73. The third kappa shape index (κ3) is 2.98. The first-order valence-corrected chi connectivity index (χ1v) is 9.03. The van der Waals surface area contributed by atoms with Gasteiger partial charge in [-0.3, -0.25) is 0 Å². The normalized spacial score (nSPS) is 15.2. The highest BCUT2D eigenvalue weighted by atomic mass is 35.5. The largest absolute Gasteiger partial charge is 0.378 e. The van der Waals surface area contributed by atoms with Crippen LogP contribution in [0.2, 0.25) is 5.28 Å². The molecular weight excluding hydrogens is 344 g/mol. The average molecular weight is 361 g/mol. The van der Waals surface area contributed by atoms with E-state index < -0.39 is 0 Å². The van der Waals surface area contributed by atoms with E-state index in [1.165, 1.54) is 0 Å². The molecule has 0 saturated carbocycles. The van der Waals surface area contributed by atoms with Crippen molar-refractivity contribution in [2.75, 3.05) is 31.2 Å². The minimum absolute atomic E-state index is 0.284. The summed E-state index contributed by atoms with van der Waals surface area (Å²) in [6, 6.07) is 10.4. The first kappa shape index (κ1) is 15.8. The van der Waals surface area contributed by atoms with E-state index in [1.54, 1.807) is 11.3 Å². The number of nitrogens with two attached hydrogens (primary N) is 1. The lowest BCUT2D eigenvalue weighted by Crippen LogP contribution is -2.36. The fraction of sp³-hybridized carbons (Fsp3) is 0.294. The van der Waals surface area contributed by atoms with Crippen LogP contribution in [0, 0.1) is 0 Å². The van der Waals surface area contributed by atoms with Gasteiger partial charge in [-0.05, 0) is 28.8 Å². The summed E-state index contributed by atoms with van der Waals surface area (Å²) in [4.78, 5) is 12.2. The highest BCUT2D eigenvalue weighted by Gasteiger charge is 2.19. The number of aromatic nitrogens is 2. The van der Waals surface area contributed by atoms with Crippen molar-refractivity contribution in [3.8, 4) is 10.4 Å². The Labute approximate surface area is 149 Å². The van der Waals surface area contributed by atoms with Crippen LogP contribution in [0.4, 0.5) is 5.82 Å². The molecule has 7 heteroatoms. The van der Waals surface area contributed by atoms with Gasteiger partial charge in [0.05, 0.1) is 23.4 Å². The second-order valence-electron chi connectivity index (χ2n) is 5.64. The number of anilines is 1. The Balaban J connectivity index is 1.78. The Morgan fingerprint density at radius 2 is 1.92 bits per heavy atom. The van der Waals surface area contributed by atoms with Gasteiger partial charge in [0.15, 0.2) is 5.82 Å². The van der Waals surface area contributed by atoms with Gasteiger partial charge in [0, 0.05) is 24.5 Å². The zero-order valence-electron chi connectivity index (χ0n) is 13.0. The van der Waals surface area contributed by atoms with Crippen LogP contribution in [-0.2, 0) is 11.3 Å². The number of ether oxygens (including phenoxy) is 1. The summed E-state index contributed by atoms with van der Waals surface area (Å²) in [7, 11) is 0. The van der Waals surface area contributed by atoms with Crippen molar-refractivity contribution < 1.29 is 4.74 Å². The fourth-order valence-electron chi connectivity index (χ4n) is 2.82. The monoisotopic (exact) mass is 360 g/mol. The molecule has 3 aromatic rings. The zero-order chi connectivity index (χ0) is 16.5. The van der Waals surface area contributed by atoms with E-state index in [2.05, 4.69) is 45.2 Å². The lowest BCUT2D eigenvalue weighted by molar-refractivity contribution is 0.122. The van der Waals surface area contributed by atoms with E-state index in [1.807, 2.05) is 0 Å². The standard InChI is InChI=1S/C17H17ClN4OS/c18-17-20-13-9-14(12-3-1-11(10-19)2-4-12)24-15(13)16(21-17)22-5-7-23-8-6-22/h1-4,9H,5-8,10,19H2. The van der Waals surface area contributed by atoms with Gasteiger partial charge in [-0.1, -0.05) is 24.3 Å². The van der Waals surface area contributed by atoms with E-state index >= 15 is 0 Å². The number of benzene rings is 1. The SMILES string of the molecule is NCc1ccc(-c2cc3nc(Cl)nc(N4CCOCC4)c3s2)cc1. The maximum atomic E-state index is 6.15. The van der Waals surface area contributed by atoms with Crippen molar-refractivity contribution in [3.63, 3.8) is 0 Å². The van der Waals surface area contributed by atoms with E-state index in [4.69, 9.17) is 22.1 Å². The highest BCUT2D eigenvalue weighted by molar-refractivity contribution is 7.22. The van der Waals surface area contributed by atoms with Gasteiger partial charge in [0.25, 0.3) is 0 Å². The van der Waals surface area contributed by atoms with Gasteiger partial charge in [-0.25, -0.2) is 4.98 Å². The maximum Gasteiger partial charge on any atom is 0.224 e. The summed E-state index contributed by atoms with van der Waals surface area (Å²) in [5.41, 5.74) is 8.84. The van der Waals surface area contributed by atoms with E-state index in [-0.39, 0.29) is 5.28 Å². The molecule has 0 aliphatic carbocycles. The van der Waals surface area contributed by atoms with Crippen molar-refractivity contribution in [3.05, 3.63) is 41.2 Å². The topological polar surface area (TPSA) is 64.3 Å². The molecule has 124 valence electrons. The predicted octanol–water partition coefficient (Wildman–Crippen LogP) is 3.31. The molecule has 3 heterocycles. The maximum absolute atomic E-state index is 6.15. The van der Waals surface area contributed by atoms with Gasteiger partial charge in [-0.15, -0.1) is 11.3 Å². The van der Waals surface area contributed by atoms with Crippen LogP contribution in [-0.4, -0.2) is 36.3 Å².